The first kappa shape index (κ1) is 22.9. The molecule has 2 rings (SSSR count). The molecule has 0 atom stereocenters. The summed E-state index contributed by atoms with van der Waals surface area (Å²) in [5.74, 6) is 0. The Kier molecular flexibility index (Phi) is 9.53. The smallest absolute Gasteiger partial charge is 1.00 e. The molecule has 20 heavy (non-hydrogen) atoms. The van der Waals surface area contributed by atoms with Crippen LogP contribution in [0.2, 0.25) is 13.1 Å². The summed E-state index contributed by atoms with van der Waals surface area (Å²) in [6, 6.07) is 0. The van der Waals surface area contributed by atoms with Crippen LogP contribution in [0.4, 0.5) is 0 Å². The van der Waals surface area contributed by atoms with Gasteiger partial charge in [0.15, 0.2) is 0 Å². The van der Waals surface area contributed by atoms with E-state index < -0.39 is 8.07 Å². The van der Waals surface area contributed by atoms with Crippen LogP contribution in [0.1, 0.15) is 40.5 Å². The van der Waals surface area contributed by atoms with E-state index in [-0.39, 0.29) is 51.0 Å². The zero-order chi connectivity index (χ0) is 12.8. The van der Waals surface area contributed by atoms with Gasteiger partial charge in [-0.2, -0.15) is 0 Å². The molecule has 0 spiro atoms. The second-order valence-corrected chi connectivity index (χ2v) is 10.5. The minimum atomic E-state index is -1.39. The maximum absolute atomic E-state index is 2.53. The first-order valence-electron chi connectivity index (χ1n) is 6.60. The summed E-state index contributed by atoms with van der Waals surface area (Å²) in [4.78, 5) is 0. The van der Waals surface area contributed by atoms with Gasteiger partial charge in [0.1, 0.15) is 8.07 Å². The van der Waals surface area contributed by atoms with Gasteiger partial charge in [0.2, 0.25) is 0 Å². The third-order valence-electron chi connectivity index (χ3n) is 4.82. The minimum absolute atomic E-state index is 0. The van der Waals surface area contributed by atoms with Gasteiger partial charge in [0, 0.05) is 0 Å². The summed E-state index contributed by atoms with van der Waals surface area (Å²) in [5, 5.41) is 3.51. The van der Waals surface area contributed by atoms with E-state index in [1.54, 1.807) is 21.5 Å². The quantitative estimate of drug-likeness (QED) is 0.522. The van der Waals surface area contributed by atoms with Crippen molar-refractivity contribution in [3.05, 3.63) is 44.8 Å². The monoisotopic (exact) mass is 404 g/mol. The Morgan fingerprint density at radius 1 is 0.750 bits per heavy atom. The number of hydrogen-bond acceptors (Lipinski definition) is 0. The van der Waals surface area contributed by atoms with Gasteiger partial charge in [-0.1, -0.05) is 57.9 Å². The van der Waals surface area contributed by atoms with Crippen LogP contribution in [0.3, 0.4) is 0 Å². The number of halogens is 2. The summed E-state index contributed by atoms with van der Waals surface area (Å²) in [5.41, 5.74) is 6.15. The third kappa shape index (κ3) is 3.88. The largest absolute Gasteiger partial charge is 2.00 e. The maximum Gasteiger partial charge on any atom is 2.00 e. The summed E-state index contributed by atoms with van der Waals surface area (Å²) in [6.45, 7) is 14.2. The van der Waals surface area contributed by atoms with Crippen LogP contribution in [0.25, 0.3) is 0 Å². The number of hydrogen-bond donors (Lipinski definition) is 0. The van der Waals surface area contributed by atoms with Gasteiger partial charge in [0.05, 0.1) is 0 Å². The van der Waals surface area contributed by atoms with Crippen LogP contribution in [-0.4, -0.2) is 8.07 Å². The second-order valence-electron chi connectivity index (χ2n) is 6.01. The molecule has 4 heteroatoms. The molecule has 110 valence electrons. The summed E-state index contributed by atoms with van der Waals surface area (Å²) in [6.07, 6.45) is 7.22. The fourth-order valence-electron chi connectivity index (χ4n) is 3.23. The molecule has 0 unspecified atom stereocenters. The van der Waals surface area contributed by atoms with Crippen LogP contribution in [-0.2, 0) is 26.2 Å². The van der Waals surface area contributed by atoms with Crippen LogP contribution in [0, 0.1) is 0 Å². The normalized spacial score (nSPS) is 18.1. The van der Waals surface area contributed by atoms with E-state index in [9.17, 15) is 0 Å². The molecule has 0 aromatic carbocycles. The molecule has 0 N–H and O–H groups in total. The predicted molar refractivity (Wildman–Crippen MR) is 79.6 cm³/mol. The van der Waals surface area contributed by atoms with Gasteiger partial charge >= 0.3 is 26.2 Å². The van der Waals surface area contributed by atoms with Crippen molar-refractivity contribution in [1.82, 2.24) is 0 Å². The average molecular weight is 407 g/mol. The molecule has 0 saturated heterocycles. The Bertz CT molecular complexity index is 453. The summed E-state index contributed by atoms with van der Waals surface area (Å²) >= 11 is 0. The van der Waals surface area contributed by atoms with Gasteiger partial charge in [-0.05, 0) is 40.5 Å². The summed E-state index contributed by atoms with van der Waals surface area (Å²) in [7, 11) is -1.39. The molecule has 0 bridgehead atoms. The molecule has 0 nitrogen and oxygen atoms in total. The van der Waals surface area contributed by atoms with Crippen molar-refractivity contribution in [3.8, 4) is 0 Å². The molecular formula is C16H24Cl2SiZr. The van der Waals surface area contributed by atoms with E-state index in [1.807, 2.05) is 0 Å². The minimum Gasteiger partial charge on any atom is -1.00 e. The predicted octanol–water partition coefficient (Wildman–Crippen LogP) is -0.888. The van der Waals surface area contributed by atoms with Gasteiger partial charge in [-0.3, -0.25) is 0 Å². The summed E-state index contributed by atoms with van der Waals surface area (Å²) < 4.78 is 0. The van der Waals surface area contributed by atoms with Crippen molar-refractivity contribution < 1.29 is 51.0 Å². The Morgan fingerprint density at radius 2 is 1.05 bits per heavy atom. The molecule has 0 amide bonds. The Balaban J connectivity index is 0. The third-order valence-corrected chi connectivity index (χ3v) is 9.00. The van der Waals surface area contributed by atoms with E-state index in [1.165, 1.54) is 24.0 Å². The van der Waals surface area contributed by atoms with Crippen molar-refractivity contribution in [2.45, 2.75) is 53.6 Å². The van der Waals surface area contributed by atoms with Gasteiger partial charge in [-0.25, -0.2) is 0 Å². The molecule has 2 aliphatic carbocycles. The van der Waals surface area contributed by atoms with Gasteiger partial charge < -0.3 is 24.8 Å². The standard InChI is InChI=1S/C16H24Si.2ClH.Zr/c1-11-7-9-15(13(11)3)17(5,6)16-10-8-12(2)14(16)4;;;/h7-8H,9-10H2,1-6H3;2*1H;/q;;;+2/p-2. The Morgan fingerprint density at radius 3 is 1.25 bits per heavy atom. The molecule has 2 aliphatic rings. The van der Waals surface area contributed by atoms with Crippen LogP contribution < -0.4 is 24.8 Å². The van der Waals surface area contributed by atoms with Crippen molar-refractivity contribution in [3.63, 3.8) is 0 Å². The Hall–Kier alpha value is 0.640. The molecule has 0 heterocycles. The zero-order valence-electron chi connectivity index (χ0n) is 13.3. The van der Waals surface area contributed by atoms with Gasteiger partial charge in [0.25, 0.3) is 0 Å². The molecule has 0 aliphatic heterocycles. The van der Waals surface area contributed by atoms with E-state index >= 15 is 0 Å². The van der Waals surface area contributed by atoms with Crippen LogP contribution in [0.5, 0.6) is 0 Å². The Labute approximate surface area is 156 Å². The number of allylic oxidation sites excluding steroid dienone is 8. The van der Waals surface area contributed by atoms with E-state index in [0.29, 0.717) is 0 Å². The molecular weight excluding hydrogens is 382 g/mol. The van der Waals surface area contributed by atoms with Crippen LogP contribution in [0.15, 0.2) is 44.8 Å². The fourth-order valence-corrected chi connectivity index (χ4v) is 7.09. The van der Waals surface area contributed by atoms with Crippen molar-refractivity contribution in [1.29, 1.82) is 0 Å². The van der Waals surface area contributed by atoms with E-state index in [0.717, 1.165) is 0 Å². The van der Waals surface area contributed by atoms with Crippen molar-refractivity contribution in [2.75, 3.05) is 0 Å². The van der Waals surface area contributed by atoms with E-state index in [2.05, 4.69) is 52.9 Å². The van der Waals surface area contributed by atoms with Crippen molar-refractivity contribution in [2.24, 2.45) is 0 Å². The maximum atomic E-state index is 2.53. The molecule has 0 aromatic heterocycles. The topological polar surface area (TPSA) is 0 Å². The fraction of sp³-hybridized carbons (Fsp3) is 0.500. The first-order valence-corrected chi connectivity index (χ1v) is 9.60. The average Bonchev–Trinajstić information content (AvgIpc) is 2.75. The molecule has 0 aromatic rings. The van der Waals surface area contributed by atoms with Crippen molar-refractivity contribution >= 4 is 8.07 Å². The molecule has 0 radical (unpaired) electrons. The first-order chi connectivity index (χ1) is 7.85. The second kappa shape index (κ2) is 8.32. The van der Waals surface area contributed by atoms with Crippen LogP contribution >= 0.6 is 0 Å². The molecule has 0 fully saturated rings. The van der Waals surface area contributed by atoms with Gasteiger partial charge in [-0.15, -0.1) is 0 Å². The number of rotatable bonds is 2. The van der Waals surface area contributed by atoms with E-state index in [4.69, 9.17) is 0 Å². The molecule has 0 saturated carbocycles. The zero-order valence-corrected chi connectivity index (χ0v) is 18.3. The SMILES string of the molecule is CC1=CCC([Si](C)(C)C2=C(C)C(C)=CC2)=C1C.[Cl-].[Cl-].[Zr+2].